The molecule has 1 amide bonds. The summed E-state index contributed by atoms with van der Waals surface area (Å²) in [5.41, 5.74) is 0.0520. The maximum absolute atomic E-state index is 12.1. The van der Waals surface area contributed by atoms with Crippen LogP contribution in [0.2, 0.25) is 0 Å². The second-order valence-corrected chi connectivity index (χ2v) is 7.83. The average Bonchev–Trinajstić information content (AvgIpc) is 3.33. The van der Waals surface area contributed by atoms with Crippen LogP contribution in [0.25, 0.3) is 6.08 Å². The lowest BCUT2D eigenvalue weighted by atomic mass is 9.95. The summed E-state index contributed by atoms with van der Waals surface area (Å²) >= 11 is 3.23. The molecule has 1 aromatic carbocycles. The minimum absolute atomic E-state index is 0.181. The first-order chi connectivity index (χ1) is 11.6. The average molecular weight is 360 g/mol. The minimum Gasteiger partial charge on any atom is -0.382 e. The number of amides is 1. The smallest absolute Gasteiger partial charge is 0.244 e. The van der Waals surface area contributed by atoms with E-state index < -0.39 is 5.60 Å². The van der Waals surface area contributed by atoms with Crippen LogP contribution in [-0.4, -0.2) is 23.8 Å². The van der Waals surface area contributed by atoms with Crippen LogP contribution >= 0.6 is 23.1 Å². The third kappa shape index (κ3) is 4.09. The van der Waals surface area contributed by atoms with Gasteiger partial charge in [0.2, 0.25) is 5.91 Å². The number of hydrogen-bond donors (Lipinski definition) is 2. The van der Waals surface area contributed by atoms with Crippen molar-refractivity contribution < 1.29 is 9.90 Å². The molecule has 1 atom stereocenters. The Labute approximate surface area is 150 Å². The lowest BCUT2D eigenvalue weighted by Crippen LogP contribution is -2.41. The van der Waals surface area contributed by atoms with Gasteiger partial charge < -0.3 is 10.4 Å². The number of thioether (sulfide) groups is 1. The Kier molecular flexibility index (Phi) is 5.43. The van der Waals surface area contributed by atoms with Gasteiger partial charge in [0.1, 0.15) is 5.60 Å². The Morgan fingerprint density at radius 2 is 2.12 bits per heavy atom. The van der Waals surface area contributed by atoms with E-state index in [1.165, 1.54) is 11.0 Å². The highest BCUT2D eigenvalue weighted by Gasteiger charge is 2.45. The zero-order valence-corrected chi connectivity index (χ0v) is 15.2. The lowest BCUT2D eigenvalue weighted by molar-refractivity contribution is -0.118. The molecule has 0 saturated heterocycles. The van der Waals surface area contributed by atoms with Crippen molar-refractivity contribution in [3.8, 4) is 0 Å². The van der Waals surface area contributed by atoms with Crippen molar-refractivity contribution >= 4 is 35.1 Å². The fraction of sp³-hybridized carbons (Fsp3) is 0.316. The number of carbonyl (C=O) groups is 1. The number of benzene rings is 1. The van der Waals surface area contributed by atoms with Gasteiger partial charge in [0.05, 0.1) is 6.54 Å². The second kappa shape index (κ2) is 7.55. The fourth-order valence-corrected chi connectivity index (χ4v) is 4.00. The zero-order valence-electron chi connectivity index (χ0n) is 13.6. The molecular formula is C19H21NO2S2. The molecule has 1 unspecified atom stereocenters. The molecule has 5 heteroatoms. The number of thiophene rings is 1. The van der Waals surface area contributed by atoms with Crippen molar-refractivity contribution in [3.05, 3.63) is 58.3 Å². The van der Waals surface area contributed by atoms with Gasteiger partial charge in [-0.3, -0.25) is 4.79 Å². The number of nitrogens with one attached hydrogen (secondary N) is 1. The predicted molar refractivity (Wildman–Crippen MR) is 101 cm³/mol. The Balaban J connectivity index is 1.59. The van der Waals surface area contributed by atoms with Crippen molar-refractivity contribution in [2.75, 3.05) is 12.8 Å². The standard InChI is InChI=1S/C19H21NO2S2/c1-23-16-9-4-14(5-10-16)6-11-18(21)20-13-19(22,15-7-8-15)17-3-2-12-24-17/h2-6,9-12,15,22H,7-8,13H2,1H3,(H,20,21). The molecule has 2 N–H and O–H groups in total. The monoisotopic (exact) mass is 359 g/mol. The summed E-state index contributed by atoms with van der Waals surface area (Å²) in [6, 6.07) is 11.9. The molecule has 3 rings (SSSR count). The largest absolute Gasteiger partial charge is 0.382 e. The molecule has 3 nitrogen and oxygen atoms in total. The van der Waals surface area contributed by atoms with Gasteiger partial charge in [-0.2, -0.15) is 0 Å². The lowest BCUT2D eigenvalue weighted by Gasteiger charge is -2.27. The number of hydrogen-bond acceptors (Lipinski definition) is 4. The van der Waals surface area contributed by atoms with Crippen molar-refractivity contribution in [3.63, 3.8) is 0 Å². The molecule has 126 valence electrons. The van der Waals surface area contributed by atoms with E-state index in [4.69, 9.17) is 0 Å². The van der Waals surface area contributed by atoms with Gasteiger partial charge in [-0.15, -0.1) is 23.1 Å². The van der Waals surface area contributed by atoms with Crippen LogP contribution in [0.3, 0.4) is 0 Å². The summed E-state index contributed by atoms with van der Waals surface area (Å²) in [6.45, 7) is 0.257. The molecule has 1 fully saturated rings. The van der Waals surface area contributed by atoms with Gasteiger partial charge in [0.15, 0.2) is 0 Å². The Hall–Kier alpha value is -1.56. The van der Waals surface area contributed by atoms with E-state index in [0.717, 1.165) is 23.3 Å². The number of rotatable bonds is 7. The molecule has 0 aliphatic heterocycles. The van der Waals surface area contributed by atoms with Crippen LogP contribution < -0.4 is 5.32 Å². The topological polar surface area (TPSA) is 49.3 Å². The molecular weight excluding hydrogens is 338 g/mol. The van der Waals surface area contributed by atoms with Crippen molar-refractivity contribution in [2.24, 2.45) is 5.92 Å². The molecule has 0 radical (unpaired) electrons. The maximum atomic E-state index is 12.1. The van der Waals surface area contributed by atoms with E-state index >= 15 is 0 Å². The molecule has 1 saturated carbocycles. The van der Waals surface area contributed by atoms with Gasteiger partial charge in [0.25, 0.3) is 0 Å². The van der Waals surface area contributed by atoms with Gasteiger partial charge in [-0.05, 0) is 60.2 Å². The number of carbonyl (C=O) groups excluding carboxylic acids is 1. The van der Waals surface area contributed by atoms with E-state index in [1.807, 2.05) is 48.0 Å². The molecule has 2 aromatic rings. The molecule has 0 bridgehead atoms. The zero-order chi connectivity index (χ0) is 17.0. The summed E-state index contributed by atoms with van der Waals surface area (Å²) in [6.07, 6.45) is 7.38. The first-order valence-corrected chi connectivity index (χ1v) is 10.1. The van der Waals surface area contributed by atoms with Crippen LogP contribution in [0.4, 0.5) is 0 Å². The van der Waals surface area contributed by atoms with Crippen molar-refractivity contribution in [1.29, 1.82) is 0 Å². The van der Waals surface area contributed by atoms with Crippen LogP contribution in [0.15, 0.2) is 52.7 Å². The maximum Gasteiger partial charge on any atom is 0.244 e. The summed E-state index contributed by atoms with van der Waals surface area (Å²) in [7, 11) is 0. The quantitative estimate of drug-likeness (QED) is 0.582. The van der Waals surface area contributed by atoms with Gasteiger partial charge in [-0.25, -0.2) is 0 Å². The summed E-state index contributed by atoms with van der Waals surface area (Å²) in [4.78, 5) is 14.2. The molecule has 1 aliphatic carbocycles. The highest BCUT2D eigenvalue weighted by molar-refractivity contribution is 7.98. The number of aliphatic hydroxyl groups is 1. The molecule has 1 heterocycles. The summed E-state index contributed by atoms with van der Waals surface area (Å²) < 4.78 is 0. The third-order valence-corrected chi connectivity index (χ3v) is 6.06. The van der Waals surface area contributed by atoms with Gasteiger partial charge in [-0.1, -0.05) is 18.2 Å². The van der Waals surface area contributed by atoms with Crippen LogP contribution in [0, 0.1) is 5.92 Å². The Bertz CT molecular complexity index is 705. The SMILES string of the molecule is CSc1ccc(C=CC(=O)NCC(O)(c2cccs2)C2CC2)cc1. The normalized spacial score (nSPS) is 16.9. The minimum atomic E-state index is -0.933. The Morgan fingerprint density at radius 3 is 2.71 bits per heavy atom. The van der Waals surface area contributed by atoms with E-state index in [1.54, 1.807) is 29.2 Å². The molecule has 1 aromatic heterocycles. The van der Waals surface area contributed by atoms with Crippen LogP contribution in [-0.2, 0) is 10.4 Å². The van der Waals surface area contributed by atoms with Gasteiger partial charge in [0, 0.05) is 15.8 Å². The van der Waals surface area contributed by atoms with E-state index in [9.17, 15) is 9.90 Å². The summed E-state index contributed by atoms with van der Waals surface area (Å²) in [5, 5.41) is 15.8. The van der Waals surface area contributed by atoms with E-state index in [-0.39, 0.29) is 18.4 Å². The summed E-state index contributed by atoms with van der Waals surface area (Å²) in [5.74, 6) is 0.0686. The van der Waals surface area contributed by atoms with Gasteiger partial charge >= 0.3 is 0 Å². The molecule has 0 spiro atoms. The van der Waals surface area contributed by atoms with E-state index in [2.05, 4.69) is 5.32 Å². The predicted octanol–water partition coefficient (Wildman–Crippen LogP) is 3.90. The second-order valence-electron chi connectivity index (χ2n) is 6.00. The fourth-order valence-electron chi connectivity index (χ4n) is 2.69. The highest BCUT2D eigenvalue weighted by Crippen LogP contribution is 2.46. The third-order valence-electron chi connectivity index (χ3n) is 4.28. The molecule has 24 heavy (non-hydrogen) atoms. The van der Waals surface area contributed by atoms with Crippen molar-refractivity contribution in [2.45, 2.75) is 23.3 Å². The molecule has 1 aliphatic rings. The van der Waals surface area contributed by atoms with E-state index in [0.29, 0.717) is 0 Å². The highest BCUT2D eigenvalue weighted by atomic mass is 32.2. The van der Waals surface area contributed by atoms with Crippen LogP contribution in [0.5, 0.6) is 0 Å². The van der Waals surface area contributed by atoms with Crippen LogP contribution in [0.1, 0.15) is 23.3 Å². The first-order valence-electron chi connectivity index (χ1n) is 7.98. The van der Waals surface area contributed by atoms with Crippen molar-refractivity contribution in [1.82, 2.24) is 5.32 Å². The Morgan fingerprint density at radius 1 is 1.38 bits per heavy atom. The first kappa shape index (κ1) is 17.3.